The zero-order valence-corrected chi connectivity index (χ0v) is 6.80. The van der Waals surface area contributed by atoms with Crippen LogP contribution < -0.4 is 0 Å². The van der Waals surface area contributed by atoms with Crippen LogP contribution in [-0.4, -0.2) is 12.1 Å². The molecule has 0 saturated heterocycles. The fourth-order valence-corrected chi connectivity index (χ4v) is 0.934. The number of ketones is 1. The van der Waals surface area contributed by atoms with Crippen molar-refractivity contribution >= 4 is 12.1 Å². The van der Waals surface area contributed by atoms with Gasteiger partial charge in [-0.15, -0.1) is 0 Å². The maximum absolute atomic E-state index is 12.9. The van der Waals surface area contributed by atoms with E-state index in [0.717, 1.165) is 19.1 Å². The van der Waals surface area contributed by atoms with Crippen LogP contribution in [0, 0.1) is 11.6 Å². The van der Waals surface area contributed by atoms with Crippen molar-refractivity contribution in [3.05, 3.63) is 34.9 Å². The van der Waals surface area contributed by atoms with Gasteiger partial charge in [-0.25, -0.2) is 8.78 Å². The highest BCUT2D eigenvalue weighted by Crippen LogP contribution is 2.14. The van der Waals surface area contributed by atoms with Crippen LogP contribution in [0.3, 0.4) is 0 Å². The van der Waals surface area contributed by atoms with Crippen molar-refractivity contribution in [3.8, 4) is 0 Å². The summed E-state index contributed by atoms with van der Waals surface area (Å²) in [6, 6.07) is 1.77. The molecular formula is C9H6F2O2. The third kappa shape index (κ3) is 1.77. The molecule has 4 heteroatoms. The normalized spacial score (nSPS) is 9.77. The van der Waals surface area contributed by atoms with Gasteiger partial charge in [0.05, 0.1) is 5.56 Å². The molecule has 1 aromatic carbocycles. The van der Waals surface area contributed by atoms with E-state index >= 15 is 0 Å². The summed E-state index contributed by atoms with van der Waals surface area (Å²) in [6.45, 7) is 1.10. The van der Waals surface area contributed by atoms with Crippen molar-refractivity contribution in [1.29, 1.82) is 0 Å². The van der Waals surface area contributed by atoms with Crippen LogP contribution in [-0.2, 0) is 0 Å². The summed E-state index contributed by atoms with van der Waals surface area (Å²) in [4.78, 5) is 21.0. The fraction of sp³-hybridized carbons (Fsp3) is 0.111. The number of carbonyl (C=O) groups is 2. The van der Waals surface area contributed by atoms with E-state index in [0.29, 0.717) is 6.29 Å². The van der Waals surface area contributed by atoms with Crippen molar-refractivity contribution in [2.24, 2.45) is 0 Å². The van der Waals surface area contributed by atoms with Gasteiger partial charge in [-0.3, -0.25) is 9.59 Å². The second kappa shape index (κ2) is 3.43. The number of hydrogen-bond donors (Lipinski definition) is 0. The molecule has 13 heavy (non-hydrogen) atoms. The molecule has 0 amide bonds. The molecule has 0 aliphatic rings. The Bertz CT molecular complexity index is 372. The number of Topliss-reactive ketones (excluding diaryl/α,β-unsaturated/α-hetero) is 1. The van der Waals surface area contributed by atoms with Gasteiger partial charge < -0.3 is 0 Å². The lowest BCUT2D eigenvalue weighted by atomic mass is 10.1. The number of carbonyl (C=O) groups excluding carboxylic acids is 2. The molecule has 1 rings (SSSR count). The van der Waals surface area contributed by atoms with E-state index in [9.17, 15) is 18.4 Å². The number of halogens is 2. The first-order valence-electron chi connectivity index (χ1n) is 3.51. The Hall–Kier alpha value is -1.58. The zero-order valence-electron chi connectivity index (χ0n) is 6.80. The summed E-state index contributed by atoms with van der Waals surface area (Å²) in [7, 11) is 0. The molecule has 1 aromatic rings. The molecule has 0 spiro atoms. The first kappa shape index (κ1) is 9.51. The molecule has 0 aromatic heterocycles. The topological polar surface area (TPSA) is 34.1 Å². The third-order valence-corrected chi connectivity index (χ3v) is 1.57. The third-order valence-electron chi connectivity index (χ3n) is 1.57. The van der Waals surface area contributed by atoms with Crippen molar-refractivity contribution < 1.29 is 18.4 Å². The number of benzene rings is 1. The van der Waals surface area contributed by atoms with Gasteiger partial charge in [-0.05, 0) is 19.1 Å². The molecule has 0 heterocycles. The van der Waals surface area contributed by atoms with Crippen LogP contribution in [0.2, 0.25) is 0 Å². The van der Waals surface area contributed by atoms with Crippen molar-refractivity contribution in [2.75, 3.05) is 0 Å². The minimum absolute atomic E-state index is 0.0518. The number of rotatable bonds is 2. The lowest BCUT2D eigenvalue weighted by Gasteiger charge is -2.00. The Morgan fingerprint density at radius 1 is 1.38 bits per heavy atom. The van der Waals surface area contributed by atoms with Gasteiger partial charge in [-0.1, -0.05) is 0 Å². The fourth-order valence-electron chi connectivity index (χ4n) is 0.934. The van der Waals surface area contributed by atoms with E-state index in [4.69, 9.17) is 0 Å². The summed E-state index contributed by atoms with van der Waals surface area (Å²) in [5, 5.41) is 0. The van der Waals surface area contributed by atoms with E-state index in [1.165, 1.54) is 0 Å². The molecule has 0 radical (unpaired) electrons. The second-order valence-electron chi connectivity index (χ2n) is 2.54. The van der Waals surface area contributed by atoms with Crippen molar-refractivity contribution in [3.63, 3.8) is 0 Å². The zero-order chi connectivity index (χ0) is 10.0. The minimum atomic E-state index is -1.21. The highest BCUT2D eigenvalue weighted by molar-refractivity contribution is 5.95. The van der Waals surface area contributed by atoms with Gasteiger partial charge in [0.25, 0.3) is 0 Å². The first-order valence-corrected chi connectivity index (χ1v) is 3.51. The predicted octanol–water partition coefficient (Wildman–Crippen LogP) is 1.98. The maximum Gasteiger partial charge on any atom is 0.169 e. The van der Waals surface area contributed by atoms with Crippen molar-refractivity contribution in [2.45, 2.75) is 6.92 Å². The van der Waals surface area contributed by atoms with Crippen LogP contribution in [0.5, 0.6) is 0 Å². The highest BCUT2D eigenvalue weighted by atomic mass is 19.2. The van der Waals surface area contributed by atoms with Gasteiger partial charge in [-0.2, -0.15) is 0 Å². The monoisotopic (exact) mass is 184 g/mol. The Morgan fingerprint density at radius 3 is 2.46 bits per heavy atom. The van der Waals surface area contributed by atoms with Gasteiger partial charge in [0, 0.05) is 5.56 Å². The standard InChI is InChI=1S/C9H6F2O2/c1-5(13)7-2-6(4-12)3-8(10)9(7)11/h2-4H,1H3. The molecular weight excluding hydrogens is 178 g/mol. The summed E-state index contributed by atoms with van der Waals surface area (Å²) < 4.78 is 25.6. The Labute approximate surface area is 73.2 Å². The van der Waals surface area contributed by atoms with Gasteiger partial charge in [0.15, 0.2) is 17.4 Å². The van der Waals surface area contributed by atoms with E-state index in [1.54, 1.807) is 0 Å². The quantitative estimate of drug-likeness (QED) is 0.520. The van der Waals surface area contributed by atoms with Gasteiger partial charge >= 0.3 is 0 Å². The van der Waals surface area contributed by atoms with Gasteiger partial charge in [0.1, 0.15) is 6.29 Å². The van der Waals surface area contributed by atoms with Crippen LogP contribution >= 0.6 is 0 Å². The Kier molecular flexibility index (Phi) is 2.51. The smallest absolute Gasteiger partial charge is 0.169 e. The van der Waals surface area contributed by atoms with E-state index < -0.39 is 23.0 Å². The summed E-state index contributed by atoms with van der Waals surface area (Å²) >= 11 is 0. The lowest BCUT2D eigenvalue weighted by Crippen LogP contribution is -2.01. The molecule has 2 nitrogen and oxygen atoms in total. The summed E-state index contributed by atoms with van der Waals surface area (Å²) in [6.07, 6.45) is 0.356. The molecule has 0 aliphatic heterocycles. The molecule has 0 saturated carbocycles. The average molecular weight is 184 g/mol. The summed E-state index contributed by atoms with van der Waals surface area (Å²) in [5.74, 6) is -3.01. The maximum atomic E-state index is 12.9. The van der Waals surface area contributed by atoms with E-state index in [-0.39, 0.29) is 5.56 Å². The molecule has 68 valence electrons. The van der Waals surface area contributed by atoms with E-state index in [1.807, 2.05) is 0 Å². The Morgan fingerprint density at radius 2 is 2.00 bits per heavy atom. The van der Waals surface area contributed by atoms with Crippen LogP contribution in [0.25, 0.3) is 0 Å². The first-order chi connectivity index (χ1) is 6.06. The lowest BCUT2D eigenvalue weighted by molar-refractivity contribution is 0.101. The molecule has 0 aliphatic carbocycles. The average Bonchev–Trinajstić information content (AvgIpc) is 2.09. The van der Waals surface area contributed by atoms with Crippen molar-refractivity contribution in [1.82, 2.24) is 0 Å². The molecule has 0 atom stereocenters. The molecule has 0 unspecified atom stereocenters. The molecule has 0 fully saturated rings. The van der Waals surface area contributed by atoms with E-state index in [2.05, 4.69) is 0 Å². The Balaban J connectivity index is 3.41. The molecule has 0 N–H and O–H groups in total. The minimum Gasteiger partial charge on any atom is -0.298 e. The highest BCUT2D eigenvalue weighted by Gasteiger charge is 2.13. The predicted molar refractivity (Wildman–Crippen MR) is 41.8 cm³/mol. The number of hydrogen-bond acceptors (Lipinski definition) is 2. The van der Waals surface area contributed by atoms with Crippen LogP contribution in [0.1, 0.15) is 27.6 Å². The number of aldehydes is 1. The SMILES string of the molecule is CC(=O)c1cc(C=O)cc(F)c1F. The summed E-state index contributed by atoms with van der Waals surface area (Å²) in [5.41, 5.74) is -0.453. The van der Waals surface area contributed by atoms with Crippen LogP contribution in [0.15, 0.2) is 12.1 Å². The molecule has 0 bridgehead atoms. The van der Waals surface area contributed by atoms with Crippen LogP contribution in [0.4, 0.5) is 8.78 Å². The van der Waals surface area contributed by atoms with Gasteiger partial charge in [0.2, 0.25) is 0 Å². The largest absolute Gasteiger partial charge is 0.298 e. The second-order valence-corrected chi connectivity index (χ2v) is 2.54.